The van der Waals surface area contributed by atoms with E-state index in [0.29, 0.717) is 25.9 Å². The molecule has 1 fully saturated rings. The van der Waals surface area contributed by atoms with Gasteiger partial charge in [0.15, 0.2) is 0 Å². The van der Waals surface area contributed by atoms with Crippen molar-refractivity contribution < 1.29 is 19.1 Å². The maximum absolute atomic E-state index is 13.1. The summed E-state index contributed by atoms with van der Waals surface area (Å²) in [6.45, 7) is 8.64. The predicted octanol–water partition coefficient (Wildman–Crippen LogP) is 5.37. The van der Waals surface area contributed by atoms with E-state index in [-0.39, 0.29) is 23.6 Å². The second-order valence-electron chi connectivity index (χ2n) is 11.9. The lowest BCUT2D eigenvalue weighted by Crippen LogP contribution is -2.34. The van der Waals surface area contributed by atoms with E-state index in [1.165, 1.54) is 0 Å². The quantitative estimate of drug-likeness (QED) is 0.301. The minimum Gasteiger partial charge on any atom is -0.496 e. The summed E-state index contributed by atoms with van der Waals surface area (Å²) >= 11 is 0. The molecular formula is C31H43N5O5. The number of aromatic amines is 1. The van der Waals surface area contributed by atoms with Gasteiger partial charge in [-0.25, -0.2) is 9.59 Å². The minimum atomic E-state index is -0.530. The number of aryl methyl sites for hydroxylation is 1. The molecule has 1 aromatic heterocycles. The molecule has 222 valence electrons. The molecule has 0 aliphatic heterocycles. The van der Waals surface area contributed by atoms with E-state index in [0.717, 1.165) is 53.0 Å². The molecule has 0 radical (unpaired) electrons. The first-order valence-corrected chi connectivity index (χ1v) is 14.3. The topological polar surface area (TPSA) is 118 Å². The van der Waals surface area contributed by atoms with Crippen LogP contribution in [0, 0.1) is 12.8 Å². The van der Waals surface area contributed by atoms with Gasteiger partial charge in [-0.1, -0.05) is 12.1 Å². The number of anilines is 2. The second kappa shape index (κ2) is 12.7. The number of imidazole rings is 1. The van der Waals surface area contributed by atoms with E-state index in [1.807, 2.05) is 75.7 Å². The summed E-state index contributed by atoms with van der Waals surface area (Å²) in [5.74, 6) is 0.647. The SMILES string of the molecule is COc1cc(NC(=O)[C@H]2CC[C@@H](n3c(=O)[nH]c4c(N(C)CCCNC(=O)OC(C)(C)C)cccc43)CC2)ccc1C. The van der Waals surface area contributed by atoms with Gasteiger partial charge in [-0.3, -0.25) is 9.36 Å². The molecule has 0 bridgehead atoms. The Morgan fingerprint density at radius 1 is 1.12 bits per heavy atom. The van der Waals surface area contributed by atoms with E-state index in [9.17, 15) is 14.4 Å². The third-order valence-corrected chi connectivity index (χ3v) is 7.59. The number of ether oxygens (including phenoxy) is 2. The molecule has 1 aliphatic carbocycles. The van der Waals surface area contributed by atoms with E-state index in [1.54, 1.807) is 7.11 Å². The Labute approximate surface area is 241 Å². The summed E-state index contributed by atoms with van der Waals surface area (Å²) in [5, 5.41) is 5.82. The van der Waals surface area contributed by atoms with Gasteiger partial charge >= 0.3 is 11.8 Å². The lowest BCUT2D eigenvalue weighted by Gasteiger charge is -2.29. The number of carbonyl (C=O) groups excluding carboxylic acids is 2. The summed E-state index contributed by atoms with van der Waals surface area (Å²) < 4.78 is 12.5. The lowest BCUT2D eigenvalue weighted by molar-refractivity contribution is -0.121. The van der Waals surface area contributed by atoms with E-state index < -0.39 is 11.7 Å². The van der Waals surface area contributed by atoms with Gasteiger partial charge in [-0.2, -0.15) is 0 Å². The summed E-state index contributed by atoms with van der Waals surface area (Å²) in [7, 11) is 3.60. The highest BCUT2D eigenvalue weighted by atomic mass is 16.6. The number of nitrogens with zero attached hydrogens (tertiary/aromatic N) is 2. The molecule has 4 rings (SSSR count). The number of benzene rings is 2. The van der Waals surface area contributed by atoms with Crippen LogP contribution < -0.4 is 26.0 Å². The summed E-state index contributed by atoms with van der Waals surface area (Å²) in [5.41, 5.74) is 3.67. The number of H-pyrrole nitrogens is 1. The highest BCUT2D eigenvalue weighted by molar-refractivity contribution is 5.93. The molecule has 0 atom stereocenters. The van der Waals surface area contributed by atoms with Crippen molar-refractivity contribution >= 4 is 34.4 Å². The molecule has 0 spiro atoms. The zero-order valence-electron chi connectivity index (χ0n) is 25.0. The van der Waals surface area contributed by atoms with E-state index in [4.69, 9.17) is 9.47 Å². The first-order chi connectivity index (χ1) is 19.5. The number of fused-ring (bicyclic) bond motifs is 1. The Morgan fingerprint density at radius 3 is 2.54 bits per heavy atom. The first-order valence-electron chi connectivity index (χ1n) is 14.3. The number of hydrogen-bond donors (Lipinski definition) is 3. The third-order valence-electron chi connectivity index (χ3n) is 7.59. The van der Waals surface area contributed by atoms with Gasteiger partial charge in [0.05, 0.1) is 23.8 Å². The van der Waals surface area contributed by atoms with Gasteiger partial charge in [0.1, 0.15) is 11.4 Å². The Bertz CT molecular complexity index is 1430. The van der Waals surface area contributed by atoms with Crippen molar-refractivity contribution in [3.8, 4) is 5.75 Å². The number of methoxy groups -OCH3 is 1. The highest BCUT2D eigenvalue weighted by Gasteiger charge is 2.29. The number of nitrogens with one attached hydrogen (secondary N) is 3. The summed E-state index contributed by atoms with van der Waals surface area (Å²) in [4.78, 5) is 43.2. The van der Waals surface area contributed by atoms with Crippen LogP contribution in [0.1, 0.15) is 64.5 Å². The monoisotopic (exact) mass is 565 g/mol. The molecule has 1 aliphatic rings. The van der Waals surface area contributed by atoms with Crippen LogP contribution in [0.5, 0.6) is 5.75 Å². The molecular weight excluding hydrogens is 522 g/mol. The molecule has 10 heteroatoms. The molecule has 2 amide bonds. The van der Waals surface area contributed by atoms with Crippen LogP contribution in [0.15, 0.2) is 41.2 Å². The Morgan fingerprint density at radius 2 is 1.85 bits per heavy atom. The number of alkyl carbamates (subject to hydrolysis) is 1. The van der Waals surface area contributed by atoms with Crippen LogP contribution in [0.4, 0.5) is 16.2 Å². The van der Waals surface area contributed by atoms with Gasteiger partial charge in [0, 0.05) is 43.9 Å². The molecule has 2 aromatic carbocycles. The van der Waals surface area contributed by atoms with Gasteiger partial charge < -0.3 is 30.0 Å². The van der Waals surface area contributed by atoms with Gasteiger partial charge in [0.25, 0.3) is 0 Å². The summed E-state index contributed by atoms with van der Waals surface area (Å²) in [6.07, 6.45) is 3.22. The van der Waals surface area contributed by atoms with Crippen molar-refractivity contribution in [1.82, 2.24) is 14.9 Å². The van der Waals surface area contributed by atoms with Crippen molar-refractivity contribution in [3.05, 3.63) is 52.4 Å². The molecule has 1 heterocycles. The maximum atomic E-state index is 13.1. The van der Waals surface area contributed by atoms with Crippen LogP contribution in [0.2, 0.25) is 0 Å². The van der Waals surface area contributed by atoms with Crippen LogP contribution in [-0.4, -0.2) is 54.4 Å². The van der Waals surface area contributed by atoms with Gasteiger partial charge in [-0.05, 0) is 83.6 Å². The van der Waals surface area contributed by atoms with Crippen molar-refractivity contribution in [2.45, 2.75) is 71.4 Å². The third kappa shape index (κ3) is 7.42. The van der Waals surface area contributed by atoms with Gasteiger partial charge in [-0.15, -0.1) is 0 Å². The van der Waals surface area contributed by atoms with Crippen molar-refractivity contribution in [2.24, 2.45) is 5.92 Å². The van der Waals surface area contributed by atoms with Crippen molar-refractivity contribution in [3.63, 3.8) is 0 Å². The lowest BCUT2D eigenvalue weighted by atomic mass is 9.85. The van der Waals surface area contributed by atoms with Crippen LogP contribution in [0.3, 0.4) is 0 Å². The molecule has 3 N–H and O–H groups in total. The predicted molar refractivity (Wildman–Crippen MR) is 162 cm³/mol. The molecule has 0 saturated heterocycles. The standard InChI is InChI=1S/C31H43N5O5/c1-20-11-14-22(19-26(20)40-6)33-28(37)21-12-15-23(16-13-21)36-25-10-7-9-24(27(25)34-29(36)38)35(5)18-8-17-32-30(39)41-31(2,3)4/h7,9-11,14,19,21,23H,8,12-13,15-18H2,1-6H3,(H,32,39)(H,33,37)(H,34,38)/t21-,23+. The molecule has 3 aromatic rings. The number of aromatic nitrogens is 2. The number of rotatable bonds is 9. The normalized spacial score (nSPS) is 17.2. The zero-order chi connectivity index (χ0) is 29.7. The van der Waals surface area contributed by atoms with E-state index in [2.05, 4.69) is 20.5 Å². The zero-order valence-corrected chi connectivity index (χ0v) is 25.0. The minimum absolute atomic E-state index is 0.00528. The Balaban J connectivity index is 1.36. The average molecular weight is 566 g/mol. The van der Waals surface area contributed by atoms with Gasteiger partial charge in [0.2, 0.25) is 5.91 Å². The fraction of sp³-hybridized carbons (Fsp3) is 0.516. The second-order valence-corrected chi connectivity index (χ2v) is 11.9. The summed E-state index contributed by atoms with van der Waals surface area (Å²) in [6, 6.07) is 11.6. The smallest absolute Gasteiger partial charge is 0.407 e. The van der Waals surface area contributed by atoms with Crippen LogP contribution in [-0.2, 0) is 9.53 Å². The fourth-order valence-electron chi connectivity index (χ4n) is 5.49. The largest absolute Gasteiger partial charge is 0.496 e. The van der Waals surface area contributed by atoms with Crippen molar-refractivity contribution in [1.29, 1.82) is 0 Å². The van der Waals surface area contributed by atoms with Crippen LogP contribution in [0.25, 0.3) is 11.0 Å². The Hall–Kier alpha value is -3.95. The number of hydrogen-bond acceptors (Lipinski definition) is 6. The van der Waals surface area contributed by atoms with Crippen LogP contribution >= 0.6 is 0 Å². The first kappa shape index (κ1) is 30.0. The average Bonchev–Trinajstić information content (AvgIpc) is 3.26. The molecule has 10 nitrogen and oxygen atoms in total. The maximum Gasteiger partial charge on any atom is 0.407 e. The fourth-order valence-corrected chi connectivity index (χ4v) is 5.49. The van der Waals surface area contributed by atoms with E-state index >= 15 is 0 Å². The number of amides is 2. The number of carbonyl (C=O) groups is 2. The highest BCUT2D eigenvalue weighted by Crippen LogP contribution is 2.35. The number of para-hydroxylation sites is 1. The Kier molecular flexibility index (Phi) is 9.30. The molecule has 1 saturated carbocycles. The van der Waals surface area contributed by atoms with Crippen molar-refractivity contribution in [2.75, 3.05) is 37.5 Å². The molecule has 0 unspecified atom stereocenters. The molecule has 41 heavy (non-hydrogen) atoms.